The molecule has 0 radical (unpaired) electrons. The summed E-state index contributed by atoms with van der Waals surface area (Å²) in [5.41, 5.74) is 3.08. The molecular formula is C25H28F3NO3SSi. The number of halogens is 3. The van der Waals surface area contributed by atoms with Crippen LogP contribution in [0.4, 0.5) is 18.9 Å². The minimum Gasteiger partial charge on any atom is -0.399 e. The van der Waals surface area contributed by atoms with Crippen LogP contribution in [-0.2, 0) is 10.1 Å². The lowest BCUT2D eigenvalue weighted by molar-refractivity contribution is -0.0499. The summed E-state index contributed by atoms with van der Waals surface area (Å²) in [5, 5.41) is 1.50. The molecule has 3 aromatic rings. The van der Waals surface area contributed by atoms with Gasteiger partial charge in [0.25, 0.3) is 0 Å². The maximum atomic E-state index is 13.3. The van der Waals surface area contributed by atoms with Crippen LogP contribution in [0.2, 0.25) is 5.04 Å². The van der Waals surface area contributed by atoms with Gasteiger partial charge in [0.2, 0.25) is 0 Å². The Morgan fingerprint density at radius 2 is 1.24 bits per heavy atom. The molecule has 0 aromatic heterocycles. The Morgan fingerprint density at radius 3 is 1.62 bits per heavy atom. The molecule has 4 nitrogen and oxygen atoms in total. The number of hydrogen-bond acceptors (Lipinski definition) is 4. The molecule has 0 heterocycles. The predicted octanol–water partition coefficient (Wildman–Crippen LogP) is 4.38. The third-order valence-corrected chi connectivity index (χ3v) is 12.9. The van der Waals surface area contributed by atoms with Gasteiger partial charge < -0.3 is 9.92 Å². The van der Waals surface area contributed by atoms with Gasteiger partial charge in [0.1, 0.15) is 5.75 Å². The van der Waals surface area contributed by atoms with Crippen LogP contribution in [-0.4, -0.2) is 22.0 Å². The first-order valence-corrected chi connectivity index (χ1v) is 14.1. The topological polar surface area (TPSA) is 69.4 Å². The minimum atomic E-state index is -5.91. The van der Waals surface area contributed by atoms with Crippen LogP contribution in [0.25, 0.3) is 0 Å². The van der Waals surface area contributed by atoms with Crippen LogP contribution in [0.3, 0.4) is 0 Å². The Kier molecular flexibility index (Phi) is 6.67. The third-order valence-electron chi connectivity index (χ3n) is 6.01. The van der Waals surface area contributed by atoms with Crippen molar-refractivity contribution in [1.82, 2.24) is 0 Å². The lowest BCUT2D eigenvalue weighted by atomic mass is 10.2. The van der Waals surface area contributed by atoms with Crippen molar-refractivity contribution in [2.24, 2.45) is 0 Å². The molecule has 0 aliphatic carbocycles. The Labute approximate surface area is 199 Å². The molecule has 34 heavy (non-hydrogen) atoms. The monoisotopic (exact) mass is 507 g/mol. The highest BCUT2D eigenvalue weighted by atomic mass is 32.2. The van der Waals surface area contributed by atoms with Gasteiger partial charge in [-0.25, -0.2) is 0 Å². The minimum absolute atomic E-state index is 0.178. The van der Waals surface area contributed by atoms with Crippen LogP contribution in [0.15, 0.2) is 66.7 Å². The van der Waals surface area contributed by atoms with Crippen molar-refractivity contribution in [2.45, 2.75) is 45.2 Å². The summed E-state index contributed by atoms with van der Waals surface area (Å²) in [6.07, 6.45) is 0. The summed E-state index contributed by atoms with van der Waals surface area (Å²) < 4.78 is 68.7. The van der Waals surface area contributed by atoms with E-state index in [9.17, 15) is 21.6 Å². The Bertz CT molecular complexity index is 1240. The van der Waals surface area contributed by atoms with E-state index in [-0.39, 0.29) is 5.69 Å². The number of alkyl halides is 3. The summed E-state index contributed by atoms with van der Waals surface area (Å²) in [5.74, 6) is -0.403. The zero-order valence-electron chi connectivity index (χ0n) is 19.7. The molecule has 182 valence electrons. The highest BCUT2D eigenvalue weighted by molar-refractivity contribution is 7.88. The summed E-state index contributed by atoms with van der Waals surface area (Å²) in [6, 6.07) is 19.7. The number of nitrogen functional groups attached to an aromatic ring is 1. The van der Waals surface area contributed by atoms with E-state index in [4.69, 9.17) is 9.92 Å². The number of anilines is 1. The van der Waals surface area contributed by atoms with Crippen molar-refractivity contribution in [1.29, 1.82) is 0 Å². The smallest absolute Gasteiger partial charge is 0.399 e. The fourth-order valence-corrected chi connectivity index (χ4v) is 10.8. The molecule has 0 saturated carbocycles. The number of rotatable bonds is 5. The molecular weight excluding hydrogens is 479 g/mol. The van der Waals surface area contributed by atoms with Crippen LogP contribution in [0, 0.1) is 13.8 Å². The molecule has 0 amide bonds. The van der Waals surface area contributed by atoms with Gasteiger partial charge in [0.15, 0.2) is 8.07 Å². The van der Waals surface area contributed by atoms with Crippen LogP contribution < -0.4 is 25.5 Å². The molecule has 3 aromatic carbocycles. The molecule has 0 fully saturated rings. The maximum Gasteiger partial charge on any atom is 0.534 e. The summed E-state index contributed by atoms with van der Waals surface area (Å²) in [7, 11) is -9.21. The van der Waals surface area contributed by atoms with Gasteiger partial charge >= 0.3 is 15.6 Å². The van der Waals surface area contributed by atoms with Crippen molar-refractivity contribution in [3.63, 3.8) is 0 Å². The maximum absolute atomic E-state index is 13.3. The molecule has 0 atom stereocenters. The van der Waals surface area contributed by atoms with Gasteiger partial charge in [-0.3, -0.25) is 0 Å². The SMILES string of the molecule is Cc1ccc([Si](c2ccc(C)cc2)(c2c(N)cccc2OS(=O)(=O)C(F)(F)F)C(C)(C)C)cc1. The number of hydrogen-bond donors (Lipinski definition) is 1. The first-order valence-electron chi connectivity index (χ1n) is 10.7. The summed E-state index contributed by atoms with van der Waals surface area (Å²) in [6.45, 7) is 9.86. The van der Waals surface area contributed by atoms with Gasteiger partial charge in [0, 0.05) is 10.9 Å². The fraction of sp³-hybridized carbons (Fsp3) is 0.280. The number of benzene rings is 3. The van der Waals surface area contributed by atoms with E-state index in [1.165, 1.54) is 12.1 Å². The van der Waals surface area contributed by atoms with Gasteiger partial charge in [0.05, 0.1) is 0 Å². The Balaban J connectivity index is 2.50. The van der Waals surface area contributed by atoms with Gasteiger partial charge in [-0.05, 0) is 41.4 Å². The fourth-order valence-electron chi connectivity index (χ4n) is 4.49. The van der Waals surface area contributed by atoms with E-state index in [1.807, 2.05) is 83.1 Å². The molecule has 3 rings (SSSR count). The van der Waals surface area contributed by atoms with Crippen molar-refractivity contribution in [2.75, 3.05) is 5.73 Å². The Morgan fingerprint density at radius 1 is 0.794 bits per heavy atom. The molecule has 0 aliphatic heterocycles. The van der Waals surface area contributed by atoms with Crippen LogP contribution in [0.5, 0.6) is 5.75 Å². The average Bonchev–Trinajstić information content (AvgIpc) is 2.70. The van der Waals surface area contributed by atoms with Crippen LogP contribution >= 0.6 is 0 Å². The lowest BCUT2D eigenvalue weighted by Gasteiger charge is -2.45. The van der Waals surface area contributed by atoms with Gasteiger partial charge in [-0.2, -0.15) is 21.6 Å². The number of aryl methyl sites for hydroxylation is 2. The average molecular weight is 508 g/mol. The quantitative estimate of drug-likeness (QED) is 0.183. The zero-order chi connectivity index (χ0) is 25.5. The van der Waals surface area contributed by atoms with E-state index in [0.29, 0.717) is 5.19 Å². The number of nitrogens with two attached hydrogens (primary N) is 1. The normalized spacial score (nSPS) is 13.1. The molecule has 2 N–H and O–H groups in total. The lowest BCUT2D eigenvalue weighted by Crippen LogP contribution is -2.72. The summed E-state index contributed by atoms with van der Waals surface area (Å²) in [4.78, 5) is 0. The second kappa shape index (κ2) is 8.78. The van der Waals surface area contributed by atoms with E-state index in [0.717, 1.165) is 21.5 Å². The molecule has 0 saturated heterocycles. The van der Waals surface area contributed by atoms with Crippen molar-refractivity contribution in [3.05, 3.63) is 77.9 Å². The van der Waals surface area contributed by atoms with E-state index >= 15 is 0 Å². The Hall–Kier alpha value is -2.78. The molecule has 0 bridgehead atoms. The van der Waals surface area contributed by atoms with Crippen LogP contribution in [0.1, 0.15) is 31.9 Å². The first-order chi connectivity index (χ1) is 15.6. The van der Waals surface area contributed by atoms with Gasteiger partial charge in [-0.1, -0.05) is 86.5 Å². The van der Waals surface area contributed by atoms with Crippen molar-refractivity contribution < 1.29 is 25.8 Å². The van der Waals surface area contributed by atoms with E-state index < -0.39 is 34.5 Å². The molecule has 9 heteroatoms. The van der Waals surface area contributed by atoms with Gasteiger partial charge in [-0.15, -0.1) is 0 Å². The zero-order valence-corrected chi connectivity index (χ0v) is 21.5. The van der Waals surface area contributed by atoms with E-state index in [2.05, 4.69) is 0 Å². The van der Waals surface area contributed by atoms with E-state index in [1.54, 1.807) is 6.07 Å². The third kappa shape index (κ3) is 4.46. The highest BCUT2D eigenvalue weighted by Crippen LogP contribution is 2.39. The highest BCUT2D eigenvalue weighted by Gasteiger charge is 2.54. The van der Waals surface area contributed by atoms with Crippen molar-refractivity contribution in [3.8, 4) is 5.75 Å². The summed E-state index contributed by atoms with van der Waals surface area (Å²) >= 11 is 0. The second-order valence-electron chi connectivity index (χ2n) is 9.44. The molecule has 0 spiro atoms. The predicted molar refractivity (Wildman–Crippen MR) is 133 cm³/mol. The van der Waals surface area contributed by atoms with Crippen molar-refractivity contribution >= 4 is 39.4 Å². The standard InChI is InChI=1S/C25H28F3NO3SSi/c1-17-9-13-19(14-10-17)34(24(3,4)5,20-15-11-18(2)12-16-20)23-21(29)7-6-8-22(23)32-33(30,31)25(26,27)28/h6-16H,29H2,1-5H3. The molecule has 0 aliphatic rings. The second-order valence-corrected chi connectivity index (χ2v) is 15.6. The first kappa shape index (κ1) is 25.8. The molecule has 0 unspecified atom stereocenters. The largest absolute Gasteiger partial charge is 0.534 e.